The summed E-state index contributed by atoms with van der Waals surface area (Å²) in [6.45, 7) is 0. The smallest absolute Gasteiger partial charge is 0.00158 e. The van der Waals surface area contributed by atoms with Gasteiger partial charge in [0.05, 0.1) is 0 Å². The summed E-state index contributed by atoms with van der Waals surface area (Å²) in [7, 11) is 0. The van der Waals surface area contributed by atoms with Crippen molar-refractivity contribution in [2.75, 3.05) is 0 Å². The zero-order valence-corrected chi connectivity index (χ0v) is 7.19. The highest BCUT2D eigenvalue weighted by atomic mass is 14.2. The molecular formula is C12H14. The second-order valence-electron chi connectivity index (χ2n) is 3.40. The lowest BCUT2D eigenvalue weighted by Crippen LogP contribution is -2.10. The Morgan fingerprint density at radius 3 is 2.50 bits per heavy atom. The molecule has 0 saturated carbocycles. The summed E-state index contributed by atoms with van der Waals surface area (Å²) in [4.78, 5) is 0. The van der Waals surface area contributed by atoms with Gasteiger partial charge in [-0.3, -0.25) is 0 Å². The molecule has 0 spiro atoms. The molecule has 62 valence electrons. The Balaban J connectivity index is 2.17. The van der Waals surface area contributed by atoms with E-state index in [1.165, 1.54) is 12.8 Å². The van der Waals surface area contributed by atoms with Crippen molar-refractivity contribution in [2.24, 2.45) is 11.8 Å². The van der Waals surface area contributed by atoms with Crippen molar-refractivity contribution in [3.8, 4) is 0 Å². The van der Waals surface area contributed by atoms with Crippen LogP contribution in [-0.2, 0) is 0 Å². The lowest BCUT2D eigenvalue weighted by molar-refractivity contribution is 0.511. The number of fused-ring (bicyclic) bond motifs is 1. The molecule has 0 amide bonds. The van der Waals surface area contributed by atoms with E-state index in [2.05, 4.69) is 48.6 Å². The van der Waals surface area contributed by atoms with Crippen LogP contribution in [-0.4, -0.2) is 0 Å². The van der Waals surface area contributed by atoms with Crippen LogP contribution in [0.3, 0.4) is 0 Å². The topological polar surface area (TPSA) is 0 Å². The van der Waals surface area contributed by atoms with Crippen molar-refractivity contribution in [1.29, 1.82) is 0 Å². The molecule has 2 atom stereocenters. The first-order chi connectivity index (χ1) is 5.97. The highest BCUT2D eigenvalue weighted by molar-refractivity contribution is 5.21. The van der Waals surface area contributed by atoms with Gasteiger partial charge in [-0.1, -0.05) is 48.6 Å². The zero-order valence-electron chi connectivity index (χ0n) is 7.19. The van der Waals surface area contributed by atoms with E-state index >= 15 is 0 Å². The minimum absolute atomic E-state index is 0.639. The number of hydrogen-bond acceptors (Lipinski definition) is 0. The lowest BCUT2D eigenvalue weighted by atomic mass is 9.84. The molecule has 0 N–H and O–H groups in total. The molecule has 12 heavy (non-hydrogen) atoms. The number of hydrogen-bond donors (Lipinski definition) is 0. The average Bonchev–Trinajstić information content (AvgIpc) is 2.06. The first-order valence-corrected chi connectivity index (χ1v) is 4.65. The molecule has 0 heteroatoms. The Bertz CT molecular complexity index is 253. The summed E-state index contributed by atoms with van der Waals surface area (Å²) in [5.41, 5.74) is 0. The summed E-state index contributed by atoms with van der Waals surface area (Å²) >= 11 is 0. The van der Waals surface area contributed by atoms with Gasteiger partial charge < -0.3 is 0 Å². The first-order valence-electron chi connectivity index (χ1n) is 4.65. The molecule has 0 radical (unpaired) electrons. The predicted octanol–water partition coefficient (Wildman–Crippen LogP) is 3.25. The molecule has 2 unspecified atom stereocenters. The van der Waals surface area contributed by atoms with Crippen molar-refractivity contribution < 1.29 is 0 Å². The molecule has 0 aromatic rings. The van der Waals surface area contributed by atoms with Crippen LogP contribution in [0, 0.1) is 11.8 Å². The zero-order chi connectivity index (χ0) is 8.23. The Morgan fingerprint density at radius 1 is 0.833 bits per heavy atom. The van der Waals surface area contributed by atoms with Gasteiger partial charge in [-0.25, -0.2) is 0 Å². The van der Waals surface area contributed by atoms with Crippen molar-refractivity contribution >= 4 is 0 Å². The van der Waals surface area contributed by atoms with Gasteiger partial charge in [-0.2, -0.15) is 0 Å². The van der Waals surface area contributed by atoms with E-state index in [-0.39, 0.29) is 0 Å². The van der Waals surface area contributed by atoms with Gasteiger partial charge in [0.25, 0.3) is 0 Å². The van der Waals surface area contributed by atoms with Gasteiger partial charge in [0.1, 0.15) is 0 Å². The maximum Gasteiger partial charge on any atom is 0.00158 e. The van der Waals surface area contributed by atoms with Gasteiger partial charge in [-0.05, 0) is 18.8 Å². The van der Waals surface area contributed by atoms with E-state index in [0.29, 0.717) is 5.92 Å². The van der Waals surface area contributed by atoms with E-state index < -0.39 is 0 Å². The Labute approximate surface area is 74.0 Å². The van der Waals surface area contributed by atoms with E-state index in [1.54, 1.807) is 0 Å². The SMILES string of the molecule is C1=CCCC2C=CC=CC2C=C1. The second-order valence-corrected chi connectivity index (χ2v) is 3.40. The van der Waals surface area contributed by atoms with Crippen LogP contribution >= 0.6 is 0 Å². The van der Waals surface area contributed by atoms with Gasteiger partial charge >= 0.3 is 0 Å². The fourth-order valence-corrected chi connectivity index (χ4v) is 1.82. The molecule has 0 saturated heterocycles. The van der Waals surface area contributed by atoms with Crippen LogP contribution in [0.25, 0.3) is 0 Å². The van der Waals surface area contributed by atoms with Crippen LogP contribution in [0.15, 0.2) is 48.6 Å². The minimum atomic E-state index is 0.639. The summed E-state index contributed by atoms with van der Waals surface area (Å²) in [5, 5.41) is 0. The van der Waals surface area contributed by atoms with Crippen molar-refractivity contribution in [3.05, 3.63) is 48.6 Å². The fraction of sp³-hybridized carbons (Fsp3) is 0.333. The van der Waals surface area contributed by atoms with Gasteiger partial charge in [0, 0.05) is 5.92 Å². The Morgan fingerprint density at radius 2 is 1.58 bits per heavy atom. The monoisotopic (exact) mass is 158 g/mol. The molecule has 0 bridgehead atoms. The van der Waals surface area contributed by atoms with Gasteiger partial charge in [0.15, 0.2) is 0 Å². The summed E-state index contributed by atoms with van der Waals surface area (Å²) in [6, 6.07) is 0. The Hall–Kier alpha value is -1.04. The van der Waals surface area contributed by atoms with E-state index in [4.69, 9.17) is 0 Å². The summed E-state index contributed by atoms with van der Waals surface area (Å²) in [6.07, 6.45) is 20.3. The molecule has 0 heterocycles. The largest absolute Gasteiger partial charge is 0.0845 e. The van der Waals surface area contributed by atoms with Gasteiger partial charge in [-0.15, -0.1) is 0 Å². The van der Waals surface area contributed by atoms with Crippen molar-refractivity contribution in [1.82, 2.24) is 0 Å². The first kappa shape index (κ1) is 7.60. The molecule has 0 aliphatic heterocycles. The molecule has 0 aromatic carbocycles. The molecular weight excluding hydrogens is 144 g/mol. The molecule has 0 nitrogen and oxygen atoms in total. The number of allylic oxidation sites excluding steroid dienone is 8. The minimum Gasteiger partial charge on any atom is -0.0845 e. The summed E-state index contributed by atoms with van der Waals surface area (Å²) in [5.74, 6) is 1.37. The normalized spacial score (nSPS) is 32.7. The number of rotatable bonds is 0. The molecule has 2 rings (SSSR count). The van der Waals surface area contributed by atoms with E-state index in [1.807, 2.05) is 0 Å². The fourth-order valence-electron chi connectivity index (χ4n) is 1.82. The molecule has 0 aromatic heterocycles. The maximum atomic E-state index is 2.33. The predicted molar refractivity (Wildman–Crippen MR) is 52.8 cm³/mol. The Kier molecular flexibility index (Phi) is 2.26. The van der Waals surface area contributed by atoms with Crippen LogP contribution in [0.2, 0.25) is 0 Å². The second kappa shape index (κ2) is 3.57. The standard InChI is InChI=1S/C12H14/c1-2-4-8-12-10-6-5-9-11(12)7-3-1/h1-3,5-7,9-12H,4,8H2. The van der Waals surface area contributed by atoms with Crippen LogP contribution in [0.4, 0.5) is 0 Å². The molecule has 2 aliphatic rings. The molecule has 0 fully saturated rings. The quantitative estimate of drug-likeness (QED) is 0.507. The average molecular weight is 158 g/mol. The van der Waals surface area contributed by atoms with Crippen LogP contribution < -0.4 is 0 Å². The lowest BCUT2D eigenvalue weighted by Gasteiger charge is -2.21. The van der Waals surface area contributed by atoms with Gasteiger partial charge in [0.2, 0.25) is 0 Å². The van der Waals surface area contributed by atoms with E-state index in [0.717, 1.165) is 5.92 Å². The van der Waals surface area contributed by atoms with Crippen molar-refractivity contribution in [3.63, 3.8) is 0 Å². The third-order valence-electron chi connectivity index (χ3n) is 2.54. The maximum absolute atomic E-state index is 2.33. The molecule has 2 aliphatic carbocycles. The highest BCUT2D eigenvalue weighted by Crippen LogP contribution is 2.26. The third kappa shape index (κ3) is 1.58. The van der Waals surface area contributed by atoms with Crippen LogP contribution in [0.5, 0.6) is 0 Å². The van der Waals surface area contributed by atoms with Crippen LogP contribution in [0.1, 0.15) is 12.8 Å². The third-order valence-corrected chi connectivity index (χ3v) is 2.54. The summed E-state index contributed by atoms with van der Waals surface area (Å²) < 4.78 is 0. The van der Waals surface area contributed by atoms with Crippen molar-refractivity contribution in [2.45, 2.75) is 12.8 Å². The highest BCUT2D eigenvalue weighted by Gasteiger charge is 2.15. The van der Waals surface area contributed by atoms with E-state index in [9.17, 15) is 0 Å².